The molecule has 0 radical (unpaired) electrons. The van der Waals surface area contributed by atoms with E-state index in [1.165, 1.54) is 12.1 Å². The summed E-state index contributed by atoms with van der Waals surface area (Å²) in [6.07, 6.45) is 5.89. The largest absolute Gasteiger partial charge is 0.445 e. The quantitative estimate of drug-likeness (QED) is 0.818. The van der Waals surface area contributed by atoms with E-state index in [1.54, 1.807) is 6.20 Å². The first-order chi connectivity index (χ1) is 10.7. The summed E-state index contributed by atoms with van der Waals surface area (Å²) in [4.78, 5) is 13.6. The van der Waals surface area contributed by atoms with Crippen LogP contribution in [0, 0.1) is 6.92 Å². The van der Waals surface area contributed by atoms with Crippen molar-refractivity contribution in [2.75, 3.05) is 26.7 Å². The van der Waals surface area contributed by atoms with Gasteiger partial charge in [0.05, 0.1) is 12.7 Å². The van der Waals surface area contributed by atoms with Crippen molar-refractivity contribution in [2.24, 2.45) is 0 Å². The molecular formula is C17H24N4O. The Labute approximate surface area is 132 Å². The molecule has 1 saturated heterocycles. The van der Waals surface area contributed by atoms with E-state index in [4.69, 9.17) is 4.42 Å². The van der Waals surface area contributed by atoms with Crippen LogP contribution in [0.25, 0.3) is 0 Å². The smallest absolute Gasteiger partial charge is 0.208 e. The van der Waals surface area contributed by atoms with Gasteiger partial charge in [-0.1, -0.05) is 6.07 Å². The van der Waals surface area contributed by atoms with Gasteiger partial charge < -0.3 is 9.32 Å². The third-order valence-electron chi connectivity index (χ3n) is 4.33. The standard InChI is InChI=1S/C17H24N4O/c1-14-11-19-17(22-14)13-20(2)16-7-10-21(12-16)9-6-15-5-3-4-8-18-15/h3-5,8,11,16H,6-7,9-10,12-13H2,1-2H3/t16-/m0/s1. The molecule has 22 heavy (non-hydrogen) atoms. The molecule has 0 saturated carbocycles. The first-order valence-electron chi connectivity index (χ1n) is 7.94. The van der Waals surface area contributed by atoms with E-state index in [9.17, 15) is 0 Å². The minimum atomic E-state index is 0.580. The van der Waals surface area contributed by atoms with Crippen LogP contribution in [-0.2, 0) is 13.0 Å². The summed E-state index contributed by atoms with van der Waals surface area (Å²) in [5, 5.41) is 0. The van der Waals surface area contributed by atoms with Gasteiger partial charge in [-0.3, -0.25) is 9.88 Å². The van der Waals surface area contributed by atoms with Gasteiger partial charge in [0, 0.05) is 37.4 Å². The molecule has 1 aliphatic rings. The van der Waals surface area contributed by atoms with Crippen molar-refractivity contribution in [1.82, 2.24) is 19.8 Å². The molecule has 1 atom stereocenters. The maximum Gasteiger partial charge on any atom is 0.208 e. The van der Waals surface area contributed by atoms with Crippen molar-refractivity contribution >= 4 is 0 Å². The molecule has 2 aromatic rings. The number of rotatable bonds is 6. The monoisotopic (exact) mass is 300 g/mol. The van der Waals surface area contributed by atoms with E-state index in [2.05, 4.69) is 38.9 Å². The SMILES string of the molecule is Cc1cnc(CN(C)[C@H]2CCN(CCc3ccccn3)C2)o1. The molecule has 0 spiro atoms. The molecule has 1 aliphatic heterocycles. The molecule has 0 aromatic carbocycles. The Hall–Kier alpha value is -1.72. The fourth-order valence-corrected chi connectivity index (χ4v) is 3.01. The van der Waals surface area contributed by atoms with Gasteiger partial charge in [-0.15, -0.1) is 0 Å². The van der Waals surface area contributed by atoms with Crippen molar-refractivity contribution in [3.63, 3.8) is 0 Å². The molecular weight excluding hydrogens is 276 g/mol. The van der Waals surface area contributed by atoms with Crippen molar-refractivity contribution < 1.29 is 4.42 Å². The number of nitrogens with zero attached hydrogens (tertiary/aromatic N) is 4. The van der Waals surface area contributed by atoms with E-state index < -0.39 is 0 Å². The number of oxazole rings is 1. The van der Waals surface area contributed by atoms with Gasteiger partial charge in [-0.2, -0.15) is 0 Å². The van der Waals surface area contributed by atoms with E-state index in [1.807, 2.05) is 19.2 Å². The van der Waals surface area contributed by atoms with Crippen molar-refractivity contribution in [3.8, 4) is 0 Å². The topological polar surface area (TPSA) is 45.4 Å². The van der Waals surface area contributed by atoms with Crippen LogP contribution < -0.4 is 0 Å². The third-order valence-corrected chi connectivity index (χ3v) is 4.33. The molecule has 0 bridgehead atoms. The Balaban J connectivity index is 1.45. The predicted octanol–water partition coefficient (Wildman–Crippen LogP) is 2.13. The highest BCUT2D eigenvalue weighted by molar-refractivity contribution is 5.04. The fourth-order valence-electron chi connectivity index (χ4n) is 3.01. The van der Waals surface area contributed by atoms with Gasteiger partial charge in [0.25, 0.3) is 0 Å². The minimum Gasteiger partial charge on any atom is -0.445 e. The molecule has 5 heteroatoms. The molecule has 3 heterocycles. The van der Waals surface area contributed by atoms with Gasteiger partial charge >= 0.3 is 0 Å². The van der Waals surface area contributed by atoms with Crippen LogP contribution in [0.15, 0.2) is 35.0 Å². The Kier molecular flexibility index (Phi) is 4.85. The maximum absolute atomic E-state index is 5.57. The summed E-state index contributed by atoms with van der Waals surface area (Å²) < 4.78 is 5.57. The van der Waals surface area contributed by atoms with Crippen LogP contribution in [-0.4, -0.2) is 52.5 Å². The molecule has 0 unspecified atom stereocenters. The number of hydrogen-bond donors (Lipinski definition) is 0. The Morgan fingerprint density at radius 3 is 3.00 bits per heavy atom. The Bertz CT molecular complexity index is 583. The average Bonchev–Trinajstić information content (AvgIpc) is 3.15. The Morgan fingerprint density at radius 2 is 2.27 bits per heavy atom. The van der Waals surface area contributed by atoms with Crippen LogP contribution in [0.1, 0.15) is 23.8 Å². The molecule has 1 fully saturated rings. The highest BCUT2D eigenvalue weighted by Crippen LogP contribution is 2.17. The number of likely N-dealkylation sites (tertiary alicyclic amines) is 1. The summed E-state index contributed by atoms with van der Waals surface area (Å²) >= 11 is 0. The zero-order chi connectivity index (χ0) is 15.4. The first-order valence-corrected chi connectivity index (χ1v) is 7.94. The van der Waals surface area contributed by atoms with E-state index in [0.29, 0.717) is 6.04 Å². The lowest BCUT2D eigenvalue weighted by Gasteiger charge is -2.23. The second-order valence-corrected chi connectivity index (χ2v) is 6.09. The summed E-state index contributed by atoms with van der Waals surface area (Å²) in [6.45, 7) is 6.08. The van der Waals surface area contributed by atoms with Crippen LogP contribution in [0.3, 0.4) is 0 Å². The van der Waals surface area contributed by atoms with Gasteiger partial charge in [-0.25, -0.2) is 4.98 Å². The molecule has 2 aromatic heterocycles. The summed E-state index contributed by atoms with van der Waals surface area (Å²) in [5.41, 5.74) is 1.18. The molecule has 5 nitrogen and oxygen atoms in total. The van der Waals surface area contributed by atoms with Crippen LogP contribution in [0.5, 0.6) is 0 Å². The molecule has 0 aliphatic carbocycles. The second-order valence-electron chi connectivity index (χ2n) is 6.09. The van der Waals surface area contributed by atoms with Crippen molar-refractivity contribution in [3.05, 3.63) is 47.9 Å². The molecule has 0 amide bonds. The summed E-state index contributed by atoms with van der Waals surface area (Å²) in [6, 6.07) is 6.71. The number of hydrogen-bond acceptors (Lipinski definition) is 5. The second kappa shape index (κ2) is 7.03. The predicted molar refractivity (Wildman–Crippen MR) is 85.5 cm³/mol. The van der Waals surface area contributed by atoms with Gasteiger partial charge in [0.15, 0.2) is 0 Å². The average molecular weight is 300 g/mol. The van der Waals surface area contributed by atoms with E-state index in [-0.39, 0.29) is 0 Å². The van der Waals surface area contributed by atoms with Crippen LogP contribution in [0.4, 0.5) is 0 Å². The number of likely N-dealkylation sites (N-methyl/N-ethyl adjacent to an activating group) is 1. The zero-order valence-electron chi connectivity index (χ0n) is 13.4. The first kappa shape index (κ1) is 15.2. The summed E-state index contributed by atoms with van der Waals surface area (Å²) in [7, 11) is 2.16. The lowest BCUT2D eigenvalue weighted by atomic mass is 10.2. The highest BCUT2D eigenvalue weighted by Gasteiger charge is 2.26. The van der Waals surface area contributed by atoms with Crippen molar-refractivity contribution in [2.45, 2.75) is 32.4 Å². The van der Waals surface area contributed by atoms with E-state index >= 15 is 0 Å². The van der Waals surface area contributed by atoms with Crippen LogP contribution in [0.2, 0.25) is 0 Å². The van der Waals surface area contributed by atoms with Gasteiger partial charge in [0.1, 0.15) is 5.76 Å². The molecule has 118 valence electrons. The third kappa shape index (κ3) is 3.93. The number of aromatic nitrogens is 2. The number of pyridine rings is 1. The number of aryl methyl sites for hydroxylation is 1. The highest BCUT2D eigenvalue weighted by atomic mass is 16.4. The van der Waals surface area contributed by atoms with Crippen LogP contribution >= 0.6 is 0 Å². The molecule has 0 N–H and O–H groups in total. The van der Waals surface area contributed by atoms with Crippen molar-refractivity contribution in [1.29, 1.82) is 0 Å². The summed E-state index contributed by atoms with van der Waals surface area (Å²) in [5.74, 6) is 1.69. The Morgan fingerprint density at radius 1 is 1.36 bits per heavy atom. The normalized spacial score (nSPS) is 19.1. The lowest BCUT2D eigenvalue weighted by molar-refractivity contribution is 0.206. The lowest BCUT2D eigenvalue weighted by Crippen LogP contribution is -2.34. The van der Waals surface area contributed by atoms with E-state index in [0.717, 1.165) is 44.3 Å². The fraction of sp³-hybridized carbons (Fsp3) is 0.529. The maximum atomic E-state index is 5.57. The zero-order valence-corrected chi connectivity index (χ0v) is 13.4. The van der Waals surface area contributed by atoms with Gasteiger partial charge in [-0.05, 0) is 39.1 Å². The molecule has 3 rings (SSSR count). The minimum absolute atomic E-state index is 0.580. The van der Waals surface area contributed by atoms with Gasteiger partial charge in [0.2, 0.25) is 5.89 Å².